The molecule has 1 aliphatic heterocycles. The number of nitrogens with zero attached hydrogens (tertiary/aromatic N) is 1. The summed E-state index contributed by atoms with van der Waals surface area (Å²) in [6, 6.07) is 8.36. The third-order valence-electron chi connectivity index (χ3n) is 4.04. The number of benzene rings is 1. The molecule has 1 aliphatic carbocycles. The van der Waals surface area contributed by atoms with Crippen molar-refractivity contribution in [1.29, 1.82) is 0 Å². The molecular weight excluding hydrogens is 212 g/mol. The SMILES string of the molecule is N[C@@H]1CCC[C@H]1C(=O)N1Cc2ccccc2C1. The molecule has 2 aliphatic rings. The Morgan fingerprint density at radius 3 is 2.35 bits per heavy atom. The first kappa shape index (κ1) is 10.8. The summed E-state index contributed by atoms with van der Waals surface area (Å²) in [7, 11) is 0. The molecule has 2 atom stereocenters. The zero-order valence-electron chi connectivity index (χ0n) is 9.93. The van der Waals surface area contributed by atoms with Gasteiger partial charge in [0.1, 0.15) is 0 Å². The predicted molar refractivity (Wildman–Crippen MR) is 66.0 cm³/mol. The van der Waals surface area contributed by atoms with Crippen LogP contribution in [0.1, 0.15) is 30.4 Å². The highest BCUT2D eigenvalue weighted by atomic mass is 16.2. The van der Waals surface area contributed by atoms with Crippen LogP contribution in [-0.4, -0.2) is 16.8 Å². The Morgan fingerprint density at radius 2 is 1.82 bits per heavy atom. The summed E-state index contributed by atoms with van der Waals surface area (Å²) < 4.78 is 0. The van der Waals surface area contributed by atoms with E-state index in [1.54, 1.807) is 0 Å². The molecule has 1 amide bonds. The van der Waals surface area contributed by atoms with Crippen LogP contribution < -0.4 is 5.73 Å². The molecule has 1 heterocycles. The fraction of sp³-hybridized carbons (Fsp3) is 0.500. The second-order valence-electron chi connectivity index (χ2n) is 5.16. The van der Waals surface area contributed by atoms with Crippen LogP contribution in [0.25, 0.3) is 0 Å². The molecule has 0 saturated heterocycles. The molecule has 3 heteroatoms. The third-order valence-corrected chi connectivity index (χ3v) is 4.04. The fourth-order valence-corrected chi connectivity index (χ4v) is 3.02. The van der Waals surface area contributed by atoms with E-state index in [2.05, 4.69) is 12.1 Å². The van der Waals surface area contributed by atoms with E-state index in [4.69, 9.17) is 5.73 Å². The van der Waals surface area contributed by atoms with E-state index in [0.29, 0.717) is 0 Å². The summed E-state index contributed by atoms with van der Waals surface area (Å²) in [5.74, 6) is 0.315. The van der Waals surface area contributed by atoms with Crippen LogP contribution >= 0.6 is 0 Å². The minimum absolute atomic E-state index is 0.0595. The van der Waals surface area contributed by atoms with Crippen LogP contribution in [0.3, 0.4) is 0 Å². The van der Waals surface area contributed by atoms with E-state index >= 15 is 0 Å². The minimum Gasteiger partial charge on any atom is -0.334 e. The van der Waals surface area contributed by atoms with Gasteiger partial charge in [-0.05, 0) is 24.0 Å². The fourth-order valence-electron chi connectivity index (χ4n) is 3.02. The standard InChI is InChI=1S/C14H18N2O/c15-13-7-3-6-12(13)14(17)16-8-10-4-1-2-5-11(10)9-16/h1-2,4-5,12-13H,3,6-9,15H2/t12-,13-/m1/s1. The van der Waals surface area contributed by atoms with Crippen LogP contribution in [0.2, 0.25) is 0 Å². The number of rotatable bonds is 1. The maximum atomic E-state index is 12.4. The van der Waals surface area contributed by atoms with Gasteiger partial charge in [0, 0.05) is 19.1 Å². The maximum Gasteiger partial charge on any atom is 0.227 e. The molecule has 17 heavy (non-hydrogen) atoms. The van der Waals surface area contributed by atoms with E-state index in [1.165, 1.54) is 11.1 Å². The van der Waals surface area contributed by atoms with E-state index in [9.17, 15) is 4.79 Å². The normalized spacial score (nSPS) is 27.2. The van der Waals surface area contributed by atoms with Crippen LogP contribution in [0.4, 0.5) is 0 Å². The Labute approximate surface area is 102 Å². The molecule has 0 spiro atoms. The number of fused-ring (bicyclic) bond motifs is 1. The monoisotopic (exact) mass is 230 g/mol. The average Bonchev–Trinajstić information content (AvgIpc) is 2.93. The summed E-state index contributed by atoms with van der Waals surface area (Å²) in [5, 5.41) is 0. The molecule has 0 bridgehead atoms. The molecule has 1 fully saturated rings. The first-order chi connectivity index (χ1) is 8.25. The van der Waals surface area contributed by atoms with E-state index in [1.807, 2.05) is 17.0 Å². The average molecular weight is 230 g/mol. The topological polar surface area (TPSA) is 46.3 Å². The first-order valence-electron chi connectivity index (χ1n) is 6.37. The summed E-state index contributed by atoms with van der Waals surface area (Å²) in [5.41, 5.74) is 8.57. The molecule has 3 rings (SSSR count). The Balaban J connectivity index is 1.74. The lowest BCUT2D eigenvalue weighted by Crippen LogP contribution is -2.39. The maximum absolute atomic E-state index is 12.4. The lowest BCUT2D eigenvalue weighted by Gasteiger charge is -2.22. The van der Waals surface area contributed by atoms with Gasteiger partial charge in [-0.25, -0.2) is 0 Å². The molecule has 0 unspecified atom stereocenters. The van der Waals surface area contributed by atoms with Gasteiger partial charge in [0.15, 0.2) is 0 Å². The molecule has 1 saturated carbocycles. The highest BCUT2D eigenvalue weighted by Crippen LogP contribution is 2.30. The van der Waals surface area contributed by atoms with Crippen LogP contribution in [0.15, 0.2) is 24.3 Å². The van der Waals surface area contributed by atoms with Gasteiger partial charge in [0.2, 0.25) is 5.91 Å². The smallest absolute Gasteiger partial charge is 0.227 e. The van der Waals surface area contributed by atoms with Gasteiger partial charge < -0.3 is 10.6 Å². The molecule has 90 valence electrons. The number of hydrogen-bond acceptors (Lipinski definition) is 2. The van der Waals surface area contributed by atoms with Gasteiger partial charge in [-0.3, -0.25) is 4.79 Å². The van der Waals surface area contributed by atoms with Gasteiger partial charge in [0.05, 0.1) is 5.92 Å². The Morgan fingerprint density at radius 1 is 1.18 bits per heavy atom. The van der Waals surface area contributed by atoms with E-state index in [0.717, 1.165) is 32.4 Å². The summed E-state index contributed by atoms with van der Waals surface area (Å²) >= 11 is 0. The first-order valence-corrected chi connectivity index (χ1v) is 6.37. The van der Waals surface area contributed by atoms with Crippen molar-refractivity contribution in [2.24, 2.45) is 11.7 Å². The quantitative estimate of drug-likeness (QED) is 0.797. The van der Waals surface area contributed by atoms with Gasteiger partial charge in [-0.15, -0.1) is 0 Å². The van der Waals surface area contributed by atoms with Gasteiger partial charge in [0.25, 0.3) is 0 Å². The number of nitrogens with two attached hydrogens (primary N) is 1. The number of amides is 1. The van der Waals surface area contributed by atoms with Crippen molar-refractivity contribution in [3.05, 3.63) is 35.4 Å². The van der Waals surface area contributed by atoms with Crippen molar-refractivity contribution in [3.8, 4) is 0 Å². The zero-order chi connectivity index (χ0) is 11.8. The molecule has 0 radical (unpaired) electrons. The number of carbonyl (C=O) groups is 1. The van der Waals surface area contributed by atoms with Crippen molar-refractivity contribution in [1.82, 2.24) is 4.90 Å². The van der Waals surface area contributed by atoms with Crippen molar-refractivity contribution < 1.29 is 4.79 Å². The predicted octanol–water partition coefficient (Wildman–Crippen LogP) is 1.66. The van der Waals surface area contributed by atoms with Gasteiger partial charge in [-0.2, -0.15) is 0 Å². The summed E-state index contributed by atoms with van der Waals surface area (Å²) in [6.45, 7) is 1.52. The molecule has 2 N–H and O–H groups in total. The Bertz CT molecular complexity index is 419. The number of carbonyl (C=O) groups excluding carboxylic acids is 1. The van der Waals surface area contributed by atoms with Crippen LogP contribution in [-0.2, 0) is 17.9 Å². The summed E-state index contributed by atoms with van der Waals surface area (Å²) in [6.07, 6.45) is 3.06. The third kappa shape index (κ3) is 1.84. The number of hydrogen-bond donors (Lipinski definition) is 1. The molecule has 1 aromatic carbocycles. The molecule has 1 aromatic rings. The summed E-state index contributed by atoms with van der Waals surface area (Å²) in [4.78, 5) is 14.3. The molecule has 0 aromatic heterocycles. The van der Waals surface area contributed by atoms with Crippen molar-refractivity contribution >= 4 is 5.91 Å². The Kier molecular flexibility index (Phi) is 2.63. The van der Waals surface area contributed by atoms with Gasteiger partial charge in [-0.1, -0.05) is 30.7 Å². The highest BCUT2D eigenvalue weighted by Gasteiger charge is 2.35. The van der Waals surface area contributed by atoms with Crippen molar-refractivity contribution in [2.75, 3.05) is 0 Å². The molecule has 3 nitrogen and oxygen atoms in total. The second-order valence-corrected chi connectivity index (χ2v) is 5.16. The van der Waals surface area contributed by atoms with Crippen molar-refractivity contribution in [2.45, 2.75) is 38.4 Å². The Hall–Kier alpha value is -1.35. The lowest BCUT2D eigenvalue weighted by atomic mass is 10.0. The largest absolute Gasteiger partial charge is 0.334 e. The van der Waals surface area contributed by atoms with E-state index < -0.39 is 0 Å². The second kappa shape index (κ2) is 4.15. The van der Waals surface area contributed by atoms with Crippen LogP contribution in [0.5, 0.6) is 0 Å². The minimum atomic E-state index is 0.0595. The molecular formula is C14H18N2O. The zero-order valence-corrected chi connectivity index (χ0v) is 9.93. The van der Waals surface area contributed by atoms with Crippen molar-refractivity contribution in [3.63, 3.8) is 0 Å². The lowest BCUT2D eigenvalue weighted by molar-refractivity contribution is -0.136. The highest BCUT2D eigenvalue weighted by molar-refractivity contribution is 5.80. The van der Waals surface area contributed by atoms with Crippen LogP contribution in [0, 0.1) is 5.92 Å². The van der Waals surface area contributed by atoms with E-state index in [-0.39, 0.29) is 17.9 Å². The van der Waals surface area contributed by atoms with Gasteiger partial charge >= 0.3 is 0 Å².